The molecular weight excluding hydrogens is 250 g/mol. The fourth-order valence-electron chi connectivity index (χ4n) is 2.63. The van der Waals surface area contributed by atoms with E-state index in [9.17, 15) is 0 Å². The van der Waals surface area contributed by atoms with Crippen molar-refractivity contribution in [3.63, 3.8) is 0 Å². The Morgan fingerprint density at radius 3 is 2.72 bits per heavy atom. The Morgan fingerprint density at radius 2 is 2.11 bits per heavy atom. The maximum atomic E-state index is 6.33. The summed E-state index contributed by atoms with van der Waals surface area (Å²) in [5.41, 5.74) is 6.05. The summed E-state index contributed by atoms with van der Waals surface area (Å²) in [7, 11) is 1.63. The lowest BCUT2D eigenvalue weighted by Crippen LogP contribution is -2.39. The number of ether oxygens (including phenoxy) is 1. The molecule has 1 aliphatic heterocycles. The summed E-state index contributed by atoms with van der Waals surface area (Å²) in [4.78, 5) is 5.11. The Kier molecular flexibility index (Phi) is 3.58. The summed E-state index contributed by atoms with van der Waals surface area (Å²) in [6.45, 7) is 8.19. The van der Waals surface area contributed by atoms with E-state index < -0.39 is 0 Å². The average molecular weight is 270 g/mol. The molecule has 1 atom stereocenters. The number of hydrogen-bond acceptors (Lipinski definition) is 3. The first-order valence-electron chi connectivity index (χ1n) is 6.13. The quantitative estimate of drug-likeness (QED) is 0.831. The van der Waals surface area contributed by atoms with Crippen molar-refractivity contribution in [3.05, 3.63) is 27.8 Å². The van der Waals surface area contributed by atoms with Crippen LogP contribution in [-0.2, 0) is 4.84 Å². The monoisotopic (exact) mass is 269 g/mol. The highest BCUT2D eigenvalue weighted by Crippen LogP contribution is 2.44. The molecule has 2 rings (SSSR count). The van der Waals surface area contributed by atoms with Crippen molar-refractivity contribution in [2.24, 2.45) is 0 Å². The minimum absolute atomic E-state index is 0.104. The summed E-state index contributed by atoms with van der Waals surface area (Å²) in [6, 6.07) is 2.11. The number of fused-ring (bicyclic) bond motifs is 1. The Morgan fingerprint density at radius 1 is 1.44 bits per heavy atom. The van der Waals surface area contributed by atoms with Gasteiger partial charge in [0, 0.05) is 17.0 Å². The van der Waals surface area contributed by atoms with Crippen molar-refractivity contribution in [3.8, 4) is 5.75 Å². The van der Waals surface area contributed by atoms with Gasteiger partial charge in [-0.2, -0.15) is 5.48 Å². The standard InChI is InChI=1S/C14H20ClNO2/c1-8-6-11-12(9(2)13(8)15)10(16-17-5)7-14(3,4)18-11/h6,10,16H,7H2,1-5H3. The molecular formula is C14H20ClNO2. The highest BCUT2D eigenvalue weighted by molar-refractivity contribution is 6.32. The lowest BCUT2D eigenvalue weighted by atomic mass is 9.87. The molecule has 0 spiro atoms. The number of benzene rings is 1. The van der Waals surface area contributed by atoms with E-state index in [2.05, 4.69) is 19.3 Å². The Hall–Kier alpha value is -0.770. The molecule has 1 unspecified atom stereocenters. The largest absolute Gasteiger partial charge is 0.487 e. The SMILES string of the molecule is CONC1CC(C)(C)Oc2cc(C)c(Cl)c(C)c21. The van der Waals surface area contributed by atoms with Gasteiger partial charge in [0.15, 0.2) is 0 Å². The molecule has 100 valence electrons. The molecule has 1 N–H and O–H groups in total. The molecule has 0 bridgehead atoms. The van der Waals surface area contributed by atoms with Gasteiger partial charge in [-0.15, -0.1) is 0 Å². The summed E-state index contributed by atoms with van der Waals surface area (Å²) in [6.07, 6.45) is 0.841. The maximum Gasteiger partial charge on any atom is 0.125 e. The van der Waals surface area contributed by atoms with Crippen LogP contribution in [0.25, 0.3) is 0 Å². The van der Waals surface area contributed by atoms with Crippen molar-refractivity contribution >= 4 is 11.6 Å². The molecule has 0 aliphatic carbocycles. The van der Waals surface area contributed by atoms with Crippen LogP contribution in [0.15, 0.2) is 6.07 Å². The first kappa shape index (κ1) is 13.7. The lowest BCUT2D eigenvalue weighted by Gasteiger charge is -2.38. The van der Waals surface area contributed by atoms with Crippen molar-refractivity contribution < 1.29 is 9.57 Å². The lowest BCUT2D eigenvalue weighted by molar-refractivity contribution is 0.00267. The van der Waals surface area contributed by atoms with E-state index in [0.717, 1.165) is 33.9 Å². The molecule has 3 nitrogen and oxygen atoms in total. The molecule has 0 saturated carbocycles. The van der Waals surface area contributed by atoms with Crippen LogP contribution >= 0.6 is 11.6 Å². The van der Waals surface area contributed by atoms with E-state index in [1.54, 1.807) is 7.11 Å². The van der Waals surface area contributed by atoms with Crippen molar-refractivity contribution in [1.29, 1.82) is 0 Å². The fraction of sp³-hybridized carbons (Fsp3) is 0.571. The van der Waals surface area contributed by atoms with Crippen LogP contribution in [0.3, 0.4) is 0 Å². The van der Waals surface area contributed by atoms with Gasteiger partial charge >= 0.3 is 0 Å². The third-order valence-electron chi connectivity index (χ3n) is 3.38. The zero-order valence-corrected chi connectivity index (χ0v) is 12.3. The maximum absolute atomic E-state index is 6.33. The predicted molar refractivity (Wildman–Crippen MR) is 73.1 cm³/mol. The highest BCUT2D eigenvalue weighted by atomic mass is 35.5. The van der Waals surface area contributed by atoms with E-state index in [1.165, 1.54) is 0 Å². The molecule has 1 aromatic carbocycles. The van der Waals surface area contributed by atoms with Gasteiger partial charge in [-0.1, -0.05) is 11.6 Å². The van der Waals surface area contributed by atoms with Crippen LogP contribution in [0.5, 0.6) is 5.75 Å². The minimum Gasteiger partial charge on any atom is -0.487 e. The van der Waals surface area contributed by atoms with Gasteiger partial charge < -0.3 is 9.57 Å². The van der Waals surface area contributed by atoms with E-state index in [4.69, 9.17) is 21.2 Å². The second kappa shape index (κ2) is 4.72. The summed E-state index contributed by atoms with van der Waals surface area (Å²) < 4.78 is 6.06. The summed E-state index contributed by atoms with van der Waals surface area (Å²) in [5.74, 6) is 0.903. The van der Waals surface area contributed by atoms with Crippen LogP contribution in [-0.4, -0.2) is 12.7 Å². The molecule has 0 aromatic heterocycles. The smallest absolute Gasteiger partial charge is 0.125 e. The van der Waals surface area contributed by atoms with Crippen molar-refractivity contribution in [1.82, 2.24) is 5.48 Å². The Labute approximate surface area is 113 Å². The number of hydrogen-bond donors (Lipinski definition) is 1. The van der Waals surface area contributed by atoms with Crippen LogP contribution < -0.4 is 10.2 Å². The third-order valence-corrected chi connectivity index (χ3v) is 3.96. The van der Waals surface area contributed by atoms with Gasteiger partial charge in [0.05, 0.1) is 13.2 Å². The van der Waals surface area contributed by atoms with Gasteiger partial charge in [-0.25, -0.2) is 0 Å². The zero-order chi connectivity index (χ0) is 13.5. The van der Waals surface area contributed by atoms with Gasteiger partial charge in [-0.3, -0.25) is 0 Å². The third kappa shape index (κ3) is 2.35. The molecule has 1 aromatic rings. The van der Waals surface area contributed by atoms with E-state index in [-0.39, 0.29) is 11.6 Å². The van der Waals surface area contributed by atoms with Gasteiger partial charge in [0.2, 0.25) is 0 Å². The van der Waals surface area contributed by atoms with Gasteiger partial charge in [-0.05, 0) is 44.9 Å². The predicted octanol–water partition coefficient (Wildman–Crippen LogP) is 3.71. The molecule has 0 radical (unpaired) electrons. The number of halogens is 1. The van der Waals surface area contributed by atoms with Gasteiger partial charge in [0.25, 0.3) is 0 Å². The molecule has 1 heterocycles. The first-order valence-corrected chi connectivity index (χ1v) is 6.50. The van der Waals surface area contributed by atoms with Crippen LogP contribution in [0.2, 0.25) is 5.02 Å². The zero-order valence-electron chi connectivity index (χ0n) is 11.6. The first-order chi connectivity index (χ1) is 8.35. The number of rotatable bonds is 2. The van der Waals surface area contributed by atoms with Gasteiger partial charge in [0.1, 0.15) is 11.4 Å². The molecule has 18 heavy (non-hydrogen) atoms. The van der Waals surface area contributed by atoms with E-state index in [1.807, 2.05) is 19.9 Å². The topological polar surface area (TPSA) is 30.5 Å². The van der Waals surface area contributed by atoms with Crippen molar-refractivity contribution in [2.45, 2.75) is 45.8 Å². The number of aryl methyl sites for hydroxylation is 1. The van der Waals surface area contributed by atoms with Crippen LogP contribution in [0, 0.1) is 13.8 Å². The average Bonchev–Trinajstić information content (AvgIpc) is 2.24. The molecule has 0 saturated heterocycles. The molecule has 0 fully saturated rings. The summed E-state index contributed by atoms with van der Waals surface area (Å²) in [5, 5.41) is 0.806. The Bertz CT molecular complexity index is 471. The van der Waals surface area contributed by atoms with Crippen molar-refractivity contribution in [2.75, 3.05) is 7.11 Å². The number of nitrogens with one attached hydrogen (secondary N) is 1. The van der Waals surface area contributed by atoms with Crippen LogP contribution in [0.1, 0.15) is 43.0 Å². The number of hydroxylamine groups is 1. The molecule has 0 amide bonds. The fourth-order valence-corrected chi connectivity index (χ4v) is 2.79. The van der Waals surface area contributed by atoms with E-state index >= 15 is 0 Å². The Balaban J connectivity index is 2.56. The van der Waals surface area contributed by atoms with Crippen LogP contribution in [0.4, 0.5) is 0 Å². The second-order valence-electron chi connectivity index (χ2n) is 5.48. The highest BCUT2D eigenvalue weighted by Gasteiger charge is 2.35. The molecule has 4 heteroatoms. The normalized spacial score (nSPS) is 21.3. The summed E-state index contributed by atoms with van der Waals surface area (Å²) >= 11 is 6.33. The van der Waals surface area contributed by atoms with E-state index in [0.29, 0.717) is 0 Å². The second-order valence-corrected chi connectivity index (χ2v) is 5.86. The molecule has 1 aliphatic rings. The minimum atomic E-state index is -0.212.